The number of hydrogen-bond acceptors (Lipinski definition) is 1. The number of likely N-dealkylation sites (N-methyl/N-ethyl adjacent to an activating group) is 1. The lowest BCUT2D eigenvalue weighted by atomic mass is 9.98. The summed E-state index contributed by atoms with van der Waals surface area (Å²) in [6, 6.07) is 8.99. The molecule has 1 N–H and O–H groups in total. The highest BCUT2D eigenvalue weighted by molar-refractivity contribution is 9.10. The second-order valence-electron chi connectivity index (χ2n) is 4.45. The van der Waals surface area contributed by atoms with E-state index in [1.807, 2.05) is 0 Å². The summed E-state index contributed by atoms with van der Waals surface area (Å²) in [4.78, 5) is 0. The first kappa shape index (κ1) is 15.4. The van der Waals surface area contributed by atoms with Crippen molar-refractivity contribution in [2.45, 2.75) is 12.5 Å². The summed E-state index contributed by atoms with van der Waals surface area (Å²) < 4.78 is 27.7. The molecule has 0 fully saturated rings. The molecule has 2 aromatic rings. The Bertz CT molecular complexity index is 619. The molecule has 1 atom stereocenters. The molecule has 0 spiro atoms. The monoisotopic (exact) mass is 359 g/mol. The molecule has 0 aliphatic carbocycles. The van der Waals surface area contributed by atoms with Crippen LogP contribution in [0.2, 0.25) is 5.02 Å². The molecule has 2 aromatic carbocycles. The molecule has 2 rings (SSSR count). The van der Waals surface area contributed by atoms with Crippen molar-refractivity contribution in [2.24, 2.45) is 0 Å². The van der Waals surface area contributed by atoms with E-state index >= 15 is 0 Å². The zero-order valence-electron chi connectivity index (χ0n) is 10.8. The van der Waals surface area contributed by atoms with Crippen LogP contribution in [0.15, 0.2) is 40.9 Å². The van der Waals surface area contributed by atoms with Gasteiger partial charge >= 0.3 is 0 Å². The average molecular weight is 361 g/mol. The topological polar surface area (TPSA) is 12.0 Å². The smallest absolute Gasteiger partial charge is 0.127 e. The summed E-state index contributed by atoms with van der Waals surface area (Å²) >= 11 is 9.28. The molecule has 1 unspecified atom stereocenters. The van der Waals surface area contributed by atoms with Crippen LogP contribution < -0.4 is 5.32 Å². The molecule has 0 heterocycles. The minimum Gasteiger partial charge on any atom is -0.313 e. The van der Waals surface area contributed by atoms with E-state index in [1.165, 1.54) is 18.2 Å². The lowest BCUT2D eigenvalue weighted by Gasteiger charge is -2.18. The third-order valence-electron chi connectivity index (χ3n) is 3.13. The largest absolute Gasteiger partial charge is 0.313 e. The van der Waals surface area contributed by atoms with Gasteiger partial charge in [-0.2, -0.15) is 0 Å². The molecule has 0 aliphatic heterocycles. The van der Waals surface area contributed by atoms with Crippen LogP contribution in [0.3, 0.4) is 0 Å². The van der Waals surface area contributed by atoms with Gasteiger partial charge in [0, 0.05) is 15.5 Å². The van der Waals surface area contributed by atoms with Crippen molar-refractivity contribution in [3.63, 3.8) is 0 Å². The van der Waals surface area contributed by atoms with Gasteiger partial charge in [0.15, 0.2) is 0 Å². The maximum atomic E-state index is 13.9. The standard InChI is InChI=1S/C15H13BrClF2N/c1-20-15(12-5-4-11(18)8-13(12)17)6-9-2-3-10(16)7-14(9)19/h2-5,7-8,15,20H,6H2,1H3. The number of rotatable bonds is 4. The first-order chi connectivity index (χ1) is 9.51. The van der Waals surface area contributed by atoms with Gasteiger partial charge in [0.1, 0.15) is 11.6 Å². The van der Waals surface area contributed by atoms with Crippen molar-refractivity contribution in [1.82, 2.24) is 5.32 Å². The van der Waals surface area contributed by atoms with Gasteiger partial charge in [0.25, 0.3) is 0 Å². The predicted octanol–water partition coefficient (Wildman–Crippen LogP) is 4.88. The zero-order chi connectivity index (χ0) is 14.7. The van der Waals surface area contributed by atoms with E-state index in [9.17, 15) is 8.78 Å². The quantitative estimate of drug-likeness (QED) is 0.819. The van der Waals surface area contributed by atoms with Crippen LogP contribution in [0.4, 0.5) is 8.78 Å². The maximum Gasteiger partial charge on any atom is 0.127 e. The molecule has 5 heteroatoms. The maximum absolute atomic E-state index is 13.9. The molecule has 0 amide bonds. The Labute approximate surface area is 130 Å². The number of hydrogen-bond donors (Lipinski definition) is 1. The fourth-order valence-corrected chi connectivity index (χ4v) is 2.69. The van der Waals surface area contributed by atoms with Crippen molar-refractivity contribution in [1.29, 1.82) is 0 Å². The van der Waals surface area contributed by atoms with Gasteiger partial charge in [0.05, 0.1) is 0 Å². The SMILES string of the molecule is CNC(Cc1ccc(Br)cc1F)c1ccc(F)cc1Cl. The fraction of sp³-hybridized carbons (Fsp3) is 0.200. The van der Waals surface area contributed by atoms with E-state index in [-0.39, 0.29) is 17.7 Å². The Hall–Kier alpha value is -0.970. The van der Waals surface area contributed by atoms with Gasteiger partial charge in [-0.3, -0.25) is 0 Å². The molecule has 0 bridgehead atoms. The second-order valence-corrected chi connectivity index (χ2v) is 5.77. The average Bonchev–Trinajstić information content (AvgIpc) is 2.39. The van der Waals surface area contributed by atoms with Gasteiger partial charge in [0.2, 0.25) is 0 Å². The normalized spacial score (nSPS) is 12.4. The van der Waals surface area contributed by atoms with Crippen molar-refractivity contribution < 1.29 is 8.78 Å². The van der Waals surface area contributed by atoms with Gasteiger partial charge in [-0.15, -0.1) is 0 Å². The Kier molecular flexibility index (Phi) is 5.13. The minimum absolute atomic E-state index is 0.182. The minimum atomic E-state index is -0.386. The molecule has 20 heavy (non-hydrogen) atoms. The van der Waals surface area contributed by atoms with Gasteiger partial charge in [-0.25, -0.2) is 8.78 Å². The van der Waals surface area contributed by atoms with Crippen LogP contribution >= 0.6 is 27.5 Å². The lowest BCUT2D eigenvalue weighted by Crippen LogP contribution is -2.19. The lowest BCUT2D eigenvalue weighted by molar-refractivity contribution is 0.552. The van der Waals surface area contributed by atoms with E-state index in [4.69, 9.17) is 11.6 Å². The Morgan fingerprint density at radius 1 is 1.20 bits per heavy atom. The van der Waals surface area contributed by atoms with Crippen LogP contribution in [0.25, 0.3) is 0 Å². The molecule has 0 aromatic heterocycles. The van der Waals surface area contributed by atoms with Crippen molar-refractivity contribution >= 4 is 27.5 Å². The molecular formula is C15H13BrClF2N. The van der Waals surface area contributed by atoms with Crippen molar-refractivity contribution in [2.75, 3.05) is 7.05 Å². The van der Waals surface area contributed by atoms with Crippen LogP contribution in [0.1, 0.15) is 17.2 Å². The number of halogens is 4. The molecule has 1 nitrogen and oxygen atoms in total. The molecule has 0 radical (unpaired) electrons. The number of nitrogens with one attached hydrogen (secondary N) is 1. The Morgan fingerprint density at radius 2 is 1.95 bits per heavy atom. The van der Waals surface area contributed by atoms with E-state index in [1.54, 1.807) is 25.2 Å². The molecule has 106 valence electrons. The highest BCUT2D eigenvalue weighted by Gasteiger charge is 2.16. The summed E-state index contributed by atoms with van der Waals surface area (Å²) in [5, 5.41) is 3.42. The fourth-order valence-electron chi connectivity index (χ4n) is 2.06. The summed E-state index contributed by atoms with van der Waals surface area (Å²) in [7, 11) is 1.76. The molecule has 0 saturated carbocycles. The van der Waals surface area contributed by atoms with Gasteiger partial charge in [-0.1, -0.05) is 39.7 Å². The summed E-state index contributed by atoms with van der Waals surface area (Å²) in [5.41, 5.74) is 1.32. The molecule has 0 saturated heterocycles. The molecule has 0 aliphatic rings. The van der Waals surface area contributed by atoms with Gasteiger partial charge < -0.3 is 5.32 Å². The van der Waals surface area contributed by atoms with E-state index in [0.717, 1.165) is 5.56 Å². The van der Waals surface area contributed by atoms with E-state index < -0.39 is 0 Å². The second kappa shape index (κ2) is 6.66. The van der Waals surface area contributed by atoms with Crippen molar-refractivity contribution in [3.8, 4) is 0 Å². The highest BCUT2D eigenvalue weighted by Crippen LogP contribution is 2.27. The van der Waals surface area contributed by atoms with E-state index in [2.05, 4.69) is 21.2 Å². The Morgan fingerprint density at radius 3 is 2.55 bits per heavy atom. The summed E-state index contributed by atoms with van der Waals surface area (Å²) in [5.74, 6) is -0.665. The first-order valence-corrected chi connectivity index (χ1v) is 7.24. The predicted molar refractivity (Wildman–Crippen MR) is 81.0 cm³/mol. The first-order valence-electron chi connectivity index (χ1n) is 6.07. The van der Waals surface area contributed by atoms with Crippen molar-refractivity contribution in [3.05, 3.63) is 68.7 Å². The third kappa shape index (κ3) is 3.57. The zero-order valence-corrected chi connectivity index (χ0v) is 13.1. The molecular weight excluding hydrogens is 348 g/mol. The van der Waals surface area contributed by atoms with E-state index in [0.29, 0.717) is 21.5 Å². The number of benzene rings is 2. The Balaban J connectivity index is 2.28. The van der Waals surface area contributed by atoms with Gasteiger partial charge in [-0.05, 0) is 48.9 Å². The van der Waals surface area contributed by atoms with Crippen LogP contribution in [-0.2, 0) is 6.42 Å². The van der Waals surface area contributed by atoms with Crippen LogP contribution in [0, 0.1) is 11.6 Å². The van der Waals surface area contributed by atoms with Crippen LogP contribution in [0.5, 0.6) is 0 Å². The third-order valence-corrected chi connectivity index (χ3v) is 3.95. The summed E-state index contributed by atoms with van der Waals surface area (Å²) in [6.45, 7) is 0. The highest BCUT2D eigenvalue weighted by atomic mass is 79.9. The summed E-state index contributed by atoms with van der Waals surface area (Å²) in [6.07, 6.45) is 0.432. The van der Waals surface area contributed by atoms with Crippen LogP contribution in [-0.4, -0.2) is 7.05 Å².